The van der Waals surface area contributed by atoms with Crippen LogP contribution in [-0.4, -0.2) is 121 Å². The number of aliphatic hydroxyl groups excluding tert-OH is 1. The third kappa shape index (κ3) is 8.98. The number of nitrogens with zero attached hydrogens (tertiary/aromatic N) is 6. The van der Waals surface area contributed by atoms with Crippen molar-refractivity contribution in [3.8, 4) is 11.3 Å². The number of aromatic nitrogens is 2. The Hall–Kier alpha value is -2.69. The van der Waals surface area contributed by atoms with Crippen molar-refractivity contribution in [1.82, 2.24) is 23.9 Å². The number of piperidine rings is 1. The number of hydrogen-bond acceptors (Lipinski definition) is 8. The molecule has 268 valence electrons. The van der Waals surface area contributed by atoms with Crippen molar-refractivity contribution in [2.75, 3.05) is 75.8 Å². The second-order valence-corrected chi connectivity index (χ2v) is 16.3. The fourth-order valence-electron chi connectivity index (χ4n) is 6.95. The summed E-state index contributed by atoms with van der Waals surface area (Å²) in [6.07, 6.45) is -3.75. The van der Waals surface area contributed by atoms with Crippen LogP contribution >= 0.6 is 11.8 Å². The van der Waals surface area contributed by atoms with E-state index >= 15 is 0 Å². The molecule has 2 saturated heterocycles. The first-order valence-corrected chi connectivity index (χ1v) is 19.6. The lowest BCUT2D eigenvalue weighted by atomic mass is 10.0. The topological polar surface area (TPSA) is 85.1 Å². The molecule has 2 aromatic carbocycles. The molecule has 3 aliphatic heterocycles. The molecule has 0 amide bonds. The predicted octanol–water partition coefficient (Wildman–Crippen LogP) is 4.60. The Morgan fingerprint density at radius 3 is 2.35 bits per heavy atom. The van der Waals surface area contributed by atoms with Gasteiger partial charge >= 0.3 is 6.18 Å². The van der Waals surface area contributed by atoms with Gasteiger partial charge in [0.05, 0.1) is 30.2 Å². The molecule has 3 aliphatic rings. The number of anilines is 1. The number of sulfonamides is 1. The number of fused-ring (bicyclic) bond motifs is 1. The van der Waals surface area contributed by atoms with Gasteiger partial charge < -0.3 is 14.9 Å². The quantitative estimate of drug-likeness (QED) is 0.227. The predicted molar refractivity (Wildman–Crippen MR) is 184 cm³/mol. The molecule has 6 rings (SSSR count). The highest BCUT2D eigenvalue weighted by molar-refractivity contribution is 7.99. The van der Waals surface area contributed by atoms with Crippen LogP contribution in [0.5, 0.6) is 0 Å². The highest BCUT2D eigenvalue weighted by Crippen LogP contribution is 2.40. The largest absolute Gasteiger partial charge is 0.417 e. The van der Waals surface area contributed by atoms with Crippen molar-refractivity contribution in [1.29, 1.82) is 0 Å². The summed E-state index contributed by atoms with van der Waals surface area (Å²) in [6.45, 7) is 5.89. The van der Waals surface area contributed by atoms with E-state index in [-0.39, 0.29) is 24.5 Å². The van der Waals surface area contributed by atoms with Gasteiger partial charge in [-0.25, -0.2) is 12.8 Å². The molecular weight excluding hydrogens is 681 g/mol. The van der Waals surface area contributed by atoms with E-state index in [1.165, 1.54) is 22.1 Å². The maximum Gasteiger partial charge on any atom is 0.417 e. The van der Waals surface area contributed by atoms with Gasteiger partial charge in [0.1, 0.15) is 6.17 Å². The zero-order valence-electron chi connectivity index (χ0n) is 27.7. The molecule has 1 aromatic heterocycles. The lowest BCUT2D eigenvalue weighted by molar-refractivity contribution is -0.139. The van der Waals surface area contributed by atoms with Gasteiger partial charge in [0.2, 0.25) is 10.0 Å². The van der Waals surface area contributed by atoms with Gasteiger partial charge in [-0.2, -0.15) is 22.6 Å². The number of para-hydroxylation sites is 1. The van der Waals surface area contributed by atoms with Crippen molar-refractivity contribution in [2.45, 2.75) is 55.7 Å². The minimum atomic E-state index is -4.56. The van der Waals surface area contributed by atoms with E-state index in [0.717, 1.165) is 56.0 Å². The van der Waals surface area contributed by atoms with Crippen molar-refractivity contribution < 1.29 is 31.1 Å². The summed E-state index contributed by atoms with van der Waals surface area (Å²) in [6, 6.07) is 14.2. The normalized spacial score (nSPS) is 19.7. The summed E-state index contributed by atoms with van der Waals surface area (Å²) in [5, 5.41) is 16.0. The van der Waals surface area contributed by atoms with Crippen LogP contribution in [0, 0.1) is 0 Å². The highest BCUT2D eigenvalue weighted by Gasteiger charge is 2.35. The molecule has 0 spiro atoms. The molecular formula is C34H44F4N6O3S2. The Morgan fingerprint density at radius 1 is 0.959 bits per heavy atom. The van der Waals surface area contributed by atoms with Crippen molar-refractivity contribution in [3.05, 3.63) is 65.4 Å². The molecule has 0 aliphatic carbocycles. The van der Waals surface area contributed by atoms with Crippen LogP contribution in [0.2, 0.25) is 0 Å². The van der Waals surface area contributed by atoms with E-state index in [1.54, 1.807) is 4.68 Å². The second kappa shape index (κ2) is 15.3. The summed E-state index contributed by atoms with van der Waals surface area (Å²) in [7, 11) is -3.53. The van der Waals surface area contributed by atoms with E-state index in [1.807, 2.05) is 18.2 Å². The van der Waals surface area contributed by atoms with Gasteiger partial charge in [-0.05, 0) is 37.1 Å². The van der Waals surface area contributed by atoms with Crippen LogP contribution in [-0.2, 0) is 35.7 Å². The van der Waals surface area contributed by atoms with Gasteiger partial charge in [0.25, 0.3) is 0 Å². The Bertz CT molecular complexity index is 1670. The lowest BCUT2D eigenvalue weighted by Crippen LogP contribution is -2.49. The number of halogens is 4. The molecule has 1 N–H and O–H groups in total. The molecule has 3 aromatic rings. The monoisotopic (exact) mass is 724 g/mol. The number of aliphatic hydroxyl groups is 1. The third-order valence-electron chi connectivity index (χ3n) is 9.66. The maximum absolute atomic E-state index is 14.1. The fourth-order valence-corrected chi connectivity index (χ4v) is 8.85. The van der Waals surface area contributed by atoms with Crippen LogP contribution in [0.25, 0.3) is 11.3 Å². The Morgan fingerprint density at radius 2 is 1.67 bits per heavy atom. The molecule has 4 heterocycles. The molecule has 9 nitrogen and oxygen atoms in total. The standard InChI is InChI=1S/C34H44F4N6O3S2/c1-49(46,47)43-14-11-31-29(24-43)33(39-44(31)23-28(45)22-41-15-17-42(18-16-41)27-5-3-2-4-6-27)25-7-8-30(34(36,37)38)32(21-25)48-20-19-40-12-9-26(35)10-13-40/h2-8,21,26,28,45H,9-20,22-24H2,1H3/t28-/m1/s1. The summed E-state index contributed by atoms with van der Waals surface area (Å²) >= 11 is 1.11. The molecule has 0 saturated carbocycles. The first-order valence-electron chi connectivity index (χ1n) is 16.8. The molecule has 15 heteroatoms. The smallest absolute Gasteiger partial charge is 0.390 e. The Labute approximate surface area is 289 Å². The first kappa shape index (κ1) is 36.1. The maximum atomic E-state index is 14.1. The Kier molecular flexibility index (Phi) is 11.3. The average Bonchev–Trinajstić information content (AvgIpc) is 3.43. The van der Waals surface area contributed by atoms with E-state index in [9.17, 15) is 31.1 Å². The lowest BCUT2D eigenvalue weighted by Gasteiger charge is -2.37. The zero-order valence-corrected chi connectivity index (χ0v) is 29.3. The van der Waals surface area contributed by atoms with Gasteiger partial charge in [-0.15, -0.1) is 11.8 Å². The van der Waals surface area contributed by atoms with Gasteiger partial charge in [-0.3, -0.25) is 9.58 Å². The van der Waals surface area contributed by atoms with Gasteiger partial charge in [-0.1, -0.05) is 24.3 Å². The van der Waals surface area contributed by atoms with Crippen LogP contribution in [0.15, 0.2) is 53.4 Å². The molecule has 1 atom stereocenters. The first-order chi connectivity index (χ1) is 23.3. The number of hydrogen-bond donors (Lipinski definition) is 1. The van der Waals surface area contributed by atoms with Crippen LogP contribution < -0.4 is 4.90 Å². The molecule has 0 radical (unpaired) electrons. The van der Waals surface area contributed by atoms with Crippen LogP contribution in [0.3, 0.4) is 0 Å². The van der Waals surface area contributed by atoms with Gasteiger partial charge in [0, 0.05) is 105 Å². The van der Waals surface area contributed by atoms with Crippen LogP contribution in [0.1, 0.15) is 29.7 Å². The number of benzene rings is 2. The average molecular weight is 725 g/mol. The van der Waals surface area contributed by atoms with E-state index < -0.39 is 34.0 Å². The van der Waals surface area contributed by atoms with Crippen LogP contribution in [0.4, 0.5) is 23.2 Å². The van der Waals surface area contributed by atoms with Gasteiger partial charge in [0.15, 0.2) is 0 Å². The number of piperazine rings is 1. The molecule has 2 fully saturated rings. The Balaban J connectivity index is 1.21. The minimum absolute atomic E-state index is 0.0507. The van der Waals surface area contributed by atoms with Crippen molar-refractivity contribution >= 4 is 27.5 Å². The van der Waals surface area contributed by atoms with E-state index in [2.05, 4.69) is 26.8 Å². The minimum Gasteiger partial charge on any atom is -0.390 e. The molecule has 49 heavy (non-hydrogen) atoms. The number of rotatable bonds is 11. The van der Waals surface area contributed by atoms with E-state index in [0.29, 0.717) is 68.0 Å². The summed E-state index contributed by atoms with van der Waals surface area (Å²) in [5.41, 5.74) is 2.75. The zero-order chi connectivity index (χ0) is 34.8. The second-order valence-electron chi connectivity index (χ2n) is 13.2. The number of β-amino-alcohol motifs (C(OH)–C–C–N with tert-alkyl or cyclic N) is 1. The number of thioether (sulfide) groups is 1. The molecule has 0 bridgehead atoms. The third-order valence-corrected chi connectivity index (χ3v) is 11.9. The van der Waals surface area contributed by atoms with Crippen molar-refractivity contribution in [2.24, 2.45) is 0 Å². The summed E-state index contributed by atoms with van der Waals surface area (Å²) < 4.78 is 84.1. The SMILES string of the molecule is CS(=O)(=O)N1CCc2c(c(-c3ccc(C(F)(F)F)c(SCCN4CCC(F)CC4)c3)nn2C[C@H](O)CN2CCN(c3ccccc3)CC2)C1. The van der Waals surface area contributed by atoms with E-state index in [4.69, 9.17) is 5.10 Å². The fraction of sp³-hybridized carbons (Fsp3) is 0.559. The summed E-state index contributed by atoms with van der Waals surface area (Å²) in [5.74, 6) is 0.406. The van der Waals surface area contributed by atoms with Crippen molar-refractivity contribution in [3.63, 3.8) is 0 Å². The summed E-state index contributed by atoms with van der Waals surface area (Å²) in [4.78, 5) is 6.68. The molecule has 0 unspecified atom stereocenters. The highest BCUT2D eigenvalue weighted by atomic mass is 32.2. The number of alkyl halides is 4. The number of likely N-dealkylation sites (tertiary alicyclic amines) is 1.